The van der Waals surface area contributed by atoms with Crippen molar-refractivity contribution in [2.45, 2.75) is 39.0 Å². The molecule has 0 radical (unpaired) electrons. The molecule has 6 heteroatoms. The summed E-state index contributed by atoms with van der Waals surface area (Å²) in [5.74, 6) is -0.145. The fourth-order valence-corrected chi connectivity index (χ4v) is 3.22. The number of likely N-dealkylation sites (tertiary alicyclic amines) is 1. The van der Waals surface area contributed by atoms with E-state index in [1.54, 1.807) is 6.07 Å². The largest absolute Gasteiger partial charge is 0.398 e. The second-order valence-corrected chi connectivity index (χ2v) is 6.89. The van der Waals surface area contributed by atoms with E-state index in [-0.39, 0.29) is 11.7 Å². The number of nitrogens with zero attached hydrogens (tertiary/aromatic N) is 1. The summed E-state index contributed by atoms with van der Waals surface area (Å²) in [6.45, 7) is 5.09. The standard InChI is InChI=1S/C19H27ClN4O/c1-14-15(7-5-8-16(14)20)17(21)13-18(22)23-19(25)9-6-12-24-10-3-2-4-11-24/h5,7-8,13H,2-4,6,9-12,21H2,1H3,(H2,22,23,25). The maximum absolute atomic E-state index is 12.0. The number of carbonyl (C=O) groups is 1. The molecule has 1 aromatic carbocycles. The molecule has 1 amide bonds. The highest BCUT2D eigenvalue weighted by Crippen LogP contribution is 2.22. The molecule has 5 nitrogen and oxygen atoms in total. The minimum atomic E-state index is -0.145. The van der Waals surface area contributed by atoms with E-state index in [1.165, 1.54) is 25.3 Å². The highest BCUT2D eigenvalue weighted by Gasteiger charge is 2.11. The minimum absolute atomic E-state index is 0.000141. The quantitative estimate of drug-likeness (QED) is 0.536. The Morgan fingerprint density at radius 1 is 1.36 bits per heavy atom. The zero-order valence-electron chi connectivity index (χ0n) is 14.8. The van der Waals surface area contributed by atoms with Crippen LogP contribution in [0.1, 0.15) is 43.2 Å². The predicted molar refractivity (Wildman–Crippen MR) is 104 cm³/mol. The van der Waals surface area contributed by atoms with Crippen molar-refractivity contribution in [1.82, 2.24) is 10.2 Å². The number of nitrogens with one attached hydrogen (secondary N) is 2. The van der Waals surface area contributed by atoms with Crippen LogP contribution in [0.4, 0.5) is 0 Å². The lowest BCUT2D eigenvalue weighted by molar-refractivity contribution is -0.119. The average molecular weight is 363 g/mol. The van der Waals surface area contributed by atoms with Crippen LogP contribution in [-0.4, -0.2) is 36.3 Å². The number of nitrogens with two attached hydrogens (primary N) is 1. The number of hydrogen-bond acceptors (Lipinski definition) is 4. The van der Waals surface area contributed by atoms with E-state index in [4.69, 9.17) is 22.7 Å². The number of halogens is 1. The van der Waals surface area contributed by atoms with Crippen LogP contribution in [0.25, 0.3) is 5.70 Å². The van der Waals surface area contributed by atoms with Gasteiger partial charge < -0.3 is 16.0 Å². The van der Waals surface area contributed by atoms with Crippen LogP contribution >= 0.6 is 11.6 Å². The third-order valence-electron chi connectivity index (χ3n) is 4.48. The van der Waals surface area contributed by atoms with Gasteiger partial charge in [-0.25, -0.2) is 0 Å². The average Bonchev–Trinajstić information content (AvgIpc) is 2.58. The van der Waals surface area contributed by atoms with Crippen molar-refractivity contribution in [2.24, 2.45) is 5.73 Å². The topological polar surface area (TPSA) is 82.2 Å². The first-order valence-electron chi connectivity index (χ1n) is 8.81. The monoisotopic (exact) mass is 362 g/mol. The van der Waals surface area contributed by atoms with Crippen LogP contribution in [0.2, 0.25) is 5.02 Å². The van der Waals surface area contributed by atoms with Gasteiger partial charge in [-0.1, -0.05) is 30.2 Å². The first-order valence-corrected chi connectivity index (χ1v) is 9.18. The van der Waals surface area contributed by atoms with Crippen LogP contribution in [0.5, 0.6) is 0 Å². The SMILES string of the molecule is Cc1c(Cl)cccc1C(N)=CC(=N)NC(=O)CCCN1CCCCC1. The second kappa shape index (κ2) is 9.59. The van der Waals surface area contributed by atoms with Gasteiger partial charge in [0.1, 0.15) is 5.84 Å². The van der Waals surface area contributed by atoms with Gasteiger partial charge in [0.05, 0.1) is 0 Å². The third kappa shape index (κ3) is 6.18. The van der Waals surface area contributed by atoms with Gasteiger partial charge in [-0.2, -0.15) is 0 Å². The molecule has 1 aromatic rings. The molecule has 0 bridgehead atoms. The van der Waals surface area contributed by atoms with Gasteiger partial charge >= 0.3 is 0 Å². The molecular formula is C19H27ClN4O. The van der Waals surface area contributed by atoms with Crippen LogP contribution in [0.3, 0.4) is 0 Å². The molecule has 0 aromatic heterocycles. The summed E-state index contributed by atoms with van der Waals surface area (Å²) in [5.41, 5.74) is 8.09. The molecule has 0 atom stereocenters. The fourth-order valence-electron chi connectivity index (χ4n) is 3.05. The predicted octanol–water partition coefficient (Wildman–Crippen LogP) is 3.31. The van der Waals surface area contributed by atoms with Gasteiger partial charge in [0, 0.05) is 28.8 Å². The fraction of sp³-hybridized carbons (Fsp3) is 0.474. The maximum atomic E-state index is 12.0. The van der Waals surface area contributed by atoms with Crippen molar-refractivity contribution in [3.63, 3.8) is 0 Å². The van der Waals surface area contributed by atoms with Crippen molar-refractivity contribution < 1.29 is 4.79 Å². The van der Waals surface area contributed by atoms with Crippen LogP contribution in [0.15, 0.2) is 24.3 Å². The van der Waals surface area contributed by atoms with Gasteiger partial charge in [0.15, 0.2) is 0 Å². The van der Waals surface area contributed by atoms with Crippen LogP contribution in [-0.2, 0) is 4.79 Å². The molecule has 0 aliphatic carbocycles. The molecule has 1 heterocycles. The van der Waals surface area contributed by atoms with Crippen molar-refractivity contribution in [1.29, 1.82) is 5.41 Å². The summed E-state index contributed by atoms with van der Waals surface area (Å²) in [4.78, 5) is 14.4. The summed E-state index contributed by atoms with van der Waals surface area (Å²) in [5, 5.41) is 11.1. The molecule has 0 unspecified atom stereocenters. The van der Waals surface area contributed by atoms with Crippen molar-refractivity contribution in [3.8, 4) is 0 Å². The molecule has 0 spiro atoms. The normalized spacial score (nSPS) is 15.8. The van der Waals surface area contributed by atoms with Crippen molar-refractivity contribution in [2.75, 3.05) is 19.6 Å². The first kappa shape index (κ1) is 19.5. The third-order valence-corrected chi connectivity index (χ3v) is 4.89. The lowest BCUT2D eigenvalue weighted by atomic mass is 10.1. The minimum Gasteiger partial charge on any atom is -0.398 e. The summed E-state index contributed by atoms with van der Waals surface area (Å²) in [6, 6.07) is 5.46. The molecule has 2 rings (SSSR count). The van der Waals surface area contributed by atoms with E-state index in [2.05, 4.69) is 10.2 Å². The van der Waals surface area contributed by atoms with Crippen LogP contribution < -0.4 is 11.1 Å². The second-order valence-electron chi connectivity index (χ2n) is 6.48. The highest BCUT2D eigenvalue weighted by molar-refractivity contribution is 6.31. The van der Waals surface area contributed by atoms with E-state index < -0.39 is 0 Å². The molecule has 25 heavy (non-hydrogen) atoms. The Hall–Kier alpha value is -1.85. The van der Waals surface area contributed by atoms with Gasteiger partial charge in [-0.15, -0.1) is 0 Å². The Bertz CT molecular complexity index is 651. The number of hydrogen-bond donors (Lipinski definition) is 3. The number of carbonyl (C=O) groups excluding carboxylic acids is 1. The number of rotatable bonds is 6. The zero-order chi connectivity index (χ0) is 18.2. The lowest BCUT2D eigenvalue weighted by Gasteiger charge is -2.26. The number of amidine groups is 1. The summed E-state index contributed by atoms with van der Waals surface area (Å²) >= 11 is 6.09. The molecule has 1 aliphatic rings. The Balaban J connectivity index is 1.80. The molecule has 4 N–H and O–H groups in total. The highest BCUT2D eigenvalue weighted by atomic mass is 35.5. The molecule has 1 fully saturated rings. The zero-order valence-corrected chi connectivity index (χ0v) is 15.5. The van der Waals surface area contributed by atoms with Gasteiger partial charge in [0.2, 0.25) is 5.91 Å². The Morgan fingerprint density at radius 3 is 2.80 bits per heavy atom. The number of piperidine rings is 1. The van der Waals surface area contributed by atoms with Crippen molar-refractivity contribution >= 4 is 29.0 Å². The molecule has 0 saturated carbocycles. The molecule has 1 saturated heterocycles. The van der Waals surface area contributed by atoms with E-state index in [9.17, 15) is 4.79 Å². The Morgan fingerprint density at radius 2 is 2.08 bits per heavy atom. The Kier molecular flexibility index (Phi) is 7.47. The van der Waals surface area contributed by atoms with Gasteiger partial charge in [0.25, 0.3) is 0 Å². The van der Waals surface area contributed by atoms with E-state index >= 15 is 0 Å². The molecular weight excluding hydrogens is 336 g/mol. The van der Waals surface area contributed by atoms with Crippen molar-refractivity contribution in [3.05, 3.63) is 40.4 Å². The summed E-state index contributed by atoms with van der Waals surface area (Å²) < 4.78 is 0. The first-order chi connectivity index (χ1) is 12.0. The number of benzene rings is 1. The van der Waals surface area contributed by atoms with E-state index in [0.717, 1.165) is 37.2 Å². The van der Waals surface area contributed by atoms with E-state index in [1.807, 2.05) is 19.1 Å². The lowest BCUT2D eigenvalue weighted by Crippen LogP contribution is -2.32. The summed E-state index contributed by atoms with van der Waals surface area (Å²) in [7, 11) is 0. The molecule has 1 aliphatic heterocycles. The summed E-state index contributed by atoms with van der Waals surface area (Å²) in [6.07, 6.45) is 6.51. The maximum Gasteiger partial charge on any atom is 0.225 e. The smallest absolute Gasteiger partial charge is 0.225 e. The molecule has 136 valence electrons. The number of amides is 1. The van der Waals surface area contributed by atoms with Gasteiger partial charge in [-0.3, -0.25) is 10.2 Å². The Labute approximate surface area is 154 Å². The van der Waals surface area contributed by atoms with E-state index in [0.29, 0.717) is 17.1 Å². The van der Waals surface area contributed by atoms with Gasteiger partial charge in [-0.05, 0) is 57.5 Å². The van der Waals surface area contributed by atoms with Crippen LogP contribution in [0, 0.1) is 12.3 Å².